The third-order valence-corrected chi connectivity index (χ3v) is 3.50. The molecule has 0 saturated heterocycles. The molecule has 0 spiro atoms. The highest BCUT2D eigenvalue weighted by Gasteiger charge is 2.07. The van der Waals surface area contributed by atoms with Crippen molar-refractivity contribution in [3.63, 3.8) is 0 Å². The van der Waals surface area contributed by atoms with E-state index in [0.717, 1.165) is 11.3 Å². The molecule has 0 bridgehead atoms. The fourth-order valence-corrected chi connectivity index (χ4v) is 2.15. The van der Waals surface area contributed by atoms with E-state index in [1.54, 1.807) is 18.2 Å². The van der Waals surface area contributed by atoms with Crippen LogP contribution in [0.2, 0.25) is 5.02 Å². The Morgan fingerprint density at radius 2 is 1.95 bits per heavy atom. The van der Waals surface area contributed by atoms with Crippen LogP contribution in [0.3, 0.4) is 0 Å². The van der Waals surface area contributed by atoms with Gasteiger partial charge in [-0.05, 0) is 41.8 Å². The molecule has 0 atom stereocenters. The number of rotatable bonds is 4. The predicted octanol–water partition coefficient (Wildman–Crippen LogP) is 4.89. The van der Waals surface area contributed by atoms with E-state index in [2.05, 4.69) is 19.9 Å². The first-order valence-electron chi connectivity index (χ1n) is 6.34. The van der Waals surface area contributed by atoms with Gasteiger partial charge < -0.3 is 10.5 Å². The first-order valence-corrected chi connectivity index (χ1v) is 7.13. The van der Waals surface area contributed by atoms with Crippen molar-refractivity contribution in [3.05, 3.63) is 58.6 Å². The van der Waals surface area contributed by atoms with Gasteiger partial charge in [0.05, 0.1) is 5.02 Å². The molecular formula is C16H16ClNOS. The number of hydrogen-bond donors (Lipinski definition) is 1. The Labute approximate surface area is 129 Å². The van der Waals surface area contributed by atoms with E-state index in [4.69, 9.17) is 34.3 Å². The van der Waals surface area contributed by atoms with Crippen LogP contribution in [0, 0.1) is 0 Å². The summed E-state index contributed by atoms with van der Waals surface area (Å²) in [6, 6.07) is 13.3. The van der Waals surface area contributed by atoms with Crippen LogP contribution in [0.15, 0.2) is 42.5 Å². The van der Waals surface area contributed by atoms with Crippen molar-refractivity contribution in [1.29, 1.82) is 0 Å². The number of thiocarbonyl (C=S) groups is 1. The molecule has 0 aliphatic rings. The lowest BCUT2D eigenvalue weighted by atomic mass is 10.0. The molecule has 2 aromatic carbocycles. The molecule has 0 aliphatic heterocycles. The van der Waals surface area contributed by atoms with Gasteiger partial charge in [0.25, 0.3) is 0 Å². The van der Waals surface area contributed by atoms with Gasteiger partial charge in [-0.1, -0.05) is 49.8 Å². The lowest BCUT2D eigenvalue weighted by molar-refractivity contribution is 0.482. The third kappa shape index (κ3) is 3.50. The summed E-state index contributed by atoms with van der Waals surface area (Å²) in [7, 11) is 0. The summed E-state index contributed by atoms with van der Waals surface area (Å²) in [4.78, 5) is 0.320. The van der Waals surface area contributed by atoms with Gasteiger partial charge in [-0.15, -0.1) is 0 Å². The minimum Gasteiger partial charge on any atom is -0.456 e. The van der Waals surface area contributed by atoms with Crippen LogP contribution in [0.5, 0.6) is 11.5 Å². The maximum atomic E-state index is 6.19. The van der Waals surface area contributed by atoms with Gasteiger partial charge in [0.1, 0.15) is 16.5 Å². The lowest BCUT2D eigenvalue weighted by Gasteiger charge is -2.11. The Hall–Kier alpha value is -1.58. The van der Waals surface area contributed by atoms with Crippen molar-refractivity contribution >= 4 is 28.8 Å². The fraction of sp³-hybridized carbons (Fsp3) is 0.188. The van der Waals surface area contributed by atoms with E-state index in [-0.39, 0.29) is 0 Å². The van der Waals surface area contributed by atoms with E-state index in [1.807, 2.05) is 18.2 Å². The molecule has 0 amide bonds. The molecule has 0 fully saturated rings. The standard InChI is InChI=1S/C16H16ClNOS/c1-10(2)11-4-3-5-13(8-11)19-15-7-6-12(16(18)20)9-14(15)17/h3-10H,1-2H3,(H2,18,20). The highest BCUT2D eigenvalue weighted by molar-refractivity contribution is 7.80. The average Bonchev–Trinajstić information content (AvgIpc) is 2.41. The van der Waals surface area contributed by atoms with Crippen LogP contribution in [0.25, 0.3) is 0 Å². The predicted molar refractivity (Wildman–Crippen MR) is 87.9 cm³/mol. The lowest BCUT2D eigenvalue weighted by Crippen LogP contribution is -2.08. The van der Waals surface area contributed by atoms with E-state index in [9.17, 15) is 0 Å². The molecule has 104 valence electrons. The second-order valence-electron chi connectivity index (χ2n) is 4.84. The Morgan fingerprint density at radius 1 is 1.20 bits per heavy atom. The molecule has 0 saturated carbocycles. The monoisotopic (exact) mass is 305 g/mol. The van der Waals surface area contributed by atoms with Crippen LogP contribution >= 0.6 is 23.8 Å². The van der Waals surface area contributed by atoms with E-state index < -0.39 is 0 Å². The number of ether oxygens (including phenoxy) is 1. The normalized spacial score (nSPS) is 10.6. The fourth-order valence-electron chi connectivity index (χ4n) is 1.80. The van der Waals surface area contributed by atoms with E-state index >= 15 is 0 Å². The van der Waals surface area contributed by atoms with Crippen molar-refractivity contribution in [2.24, 2.45) is 5.73 Å². The van der Waals surface area contributed by atoms with Gasteiger partial charge in [0.2, 0.25) is 0 Å². The number of halogens is 1. The van der Waals surface area contributed by atoms with Gasteiger partial charge in [-0.3, -0.25) is 0 Å². The second-order valence-corrected chi connectivity index (χ2v) is 5.69. The van der Waals surface area contributed by atoms with E-state index in [0.29, 0.717) is 21.7 Å². The average molecular weight is 306 g/mol. The van der Waals surface area contributed by atoms with Crippen LogP contribution in [0.4, 0.5) is 0 Å². The molecular weight excluding hydrogens is 290 g/mol. The quantitative estimate of drug-likeness (QED) is 0.817. The van der Waals surface area contributed by atoms with Gasteiger partial charge in [-0.2, -0.15) is 0 Å². The number of hydrogen-bond acceptors (Lipinski definition) is 2. The van der Waals surface area contributed by atoms with Crippen molar-refractivity contribution in [1.82, 2.24) is 0 Å². The largest absolute Gasteiger partial charge is 0.456 e. The molecule has 2 nitrogen and oxygen atoms in total. The minimum absolute atomic E-state index is 0.320. The number of benzene rings is 2. The summed E-state index contributed by atoms with van der Waals surface area (Å²) in [6.07, 6.45) is 0. The molecule has 2 aromatic rings. The van der Waals surface area contributed by atoms with Crippen molar-refractivity contribution in [2.45, 2.75) is 19.8 Å². The highest BCUT2D eigenvalue weighted by Crippen LogP contribution is 2.31. The maximum Gasteiger partial charge on any atom is 0.146 e. The Kier molecular flexibility index (Phi) is 4.63. The first-order chi connectivity index (χ1) is 9.47. The molecule has 0 aliphatic carbocycles. The van der Waals surface area contributed by atoms with Gasteiger partial charge in [0.15, 0.2) is 0 Å². The van der Waals surface area contributed by atoms with Crippen LogP contribution < -0.4 is 10.5 Å². The van der Waals surface area contributed by atoms with E-state index in [1.165, 1.54) is 5.56 Å². The molecule has 2 rings (SSSR count). The summed E-state index contributed by atoms with van der Waals surface area (Å²) in [5.41, 5.74) is 7.52. The third-order valence-electron chi connectivity index (χ3n) is 2.97. The van der Waals surface area contributed by atoms with Crippen LogP contribution in [0.1, 0.15) is 30.9 Å². The topological polar surface area (TPSA) is 35.2 Å². The highest BCUT2D eigenvalue weighted by atomic mass is 35.5. The SMILES string of the molecule is CC(C)c1cccc(Oc2ccc(C(N)=S)cc2Cl)c1. The summed E-state index contributed by atoms with van der Waals surface area (Å²) >= 11 is 11.1. The second kappa shape index (κ2) is 6.25. The maximum absolute atomic E-state index is 6.19. The summed E-state index contributed by atoms with van der Waals surface area (Å²) in [6.45, 7) is 4.28. The van der Waals surface area contributed by atoms with Gasteiger partial charge in [0, 0.05) is 5.56 Å². The summed E-state index contributed by atoms with van der Waals surface area (Å²) < 4.78 is 5.82. The minimum atomic E-state index is 0.320. The molecule has 0 heterocycles. The Balaban J connectivity index is 2.26. The molecule has 0 unspecified atom stereocenters. The molecule has 2 N–H and O–H groups in total. The van der Waals surface area contributed by atoms with Crippen molar-refractivity contribution in [2.75, 3.05) is 0 Å². The van der Waals surface area contributed by atoms with Gasteiger partial charge >= 0.3 is 0 Å². The summed E-state index contributed by atoms with van der Waals surface area (Å²) in [5.74, 6) is 1.81. The Morgan fingerprint density at radius 3 is 2.55 bits per heavy atom. The van der Waals surface area contributed by atoms with Crippen molar-refractivity contribution in [3.8, 4) is 11.5 Å². The zero-order valence-electron chi connectivity index (χ0n) is 11.4. The van der Waals surface area contributed by atoms with Crippen LogP contribution in [-0.4, -0.2) is 4.99 Å². The van der Waals surface area contributed by atoms with Gasteiger partial charge in [-0.25, -0.2) is 0 Å². The number of nitrogens with two attached hydrogens (primary N) is 1. The summed E-state index contributed by atoms with van der Waals surface area (Å²) in [5, 5.41) is 0.491. The smallest absolute Gasteiger partial charge is 0.146 e. The Bertz CT molecular complexity index is 640. The molecule has 0 aromatic heterocycles. The first kappa shape index (κ1) is 14.8. The molecule has 4 heteroatoms. The molecule has 20 heavy (non-hydrogen) atoms. The van der Waals surface area contributed by atoms with Crippen molar-refractivity contribution < 1.29 is 4.74 Å². The zero-order chi connectivity index (χ0) is 14.7. The molecule has 0 radical (unpaired) electrons. The zero-order valence-corrected chi connectivity index (χ0v) is 13.0. The van der Waals surface area contributed by atoms with Crippen LogP contribution in [-0.2, 0) is 0 Å².